The molecular formula is C18H22N2O2. The molecule has 4 nitrogen and oxygen atoms in total. The summed E-state index contributed by atoms with van der Waals surface area (Å²) in [6.07, 6.45) is 10.4. The van der Waals surface area contributed by atoms with E-state index in [1.807, 2.05) is 36.5 Å². The van der Waals surface area contributed by atoms with E-state index >= 15 is 0 Å². The molecule has 0 bridgehead atoms. The Morgan fingerprint density at radius 2 is 2.00 bits per heavy atom. The van der Waals surface area contributed by atoms with Gasteiger partial charge in [-0.05, 0) is 30.7 Å². The Labute approximate surface area is 131 Å². The number of unbranched alkanes of at least 4 members (excludes halogenated alkanes) is 3. The molecule has 0 fully saturated rings. The minimum absolute atomic E-state index is 0.568. The normalized spacial score (nSPS) is 11.0. The van der Waals surface area contributed by atoms with Crippen LogP contribution in [0.2, 0.25) is 0 Å². The molecule has 4 heteroatoms. The Kier molecular flexibility index (Phi) is 6.42. The van der Waals surface area contributed by atoms with Crippen molar-refractivity contribution in [2.45, 2.75) is 32.6 Å². The summed E-state index contributed by atoms with van der Waals surface area (Å²) in [5, 5.41) is 4.48. The number of nitrogens with zero attached hydrogens (tertiary/aromatic N) is 2. The SMILES string of the molecule is CCCCCCOc1nn(-c2ccccc2)cc1/C=C/C=O. The molecule has 0 aliphatic rings. The highest BCUT2D eigenvalue weighted by atomic mass is 16.5. The molecular weight excluding hydrogens is 276 g/mol. The molecule has 0 atom stereocenters. The Hall–Kier alpha value is -2.36. The lowest BCUT2D eigenvalue weighted by atomic mass is 10.2. The van der Waals surface area contributed by atoms with Gasteiger partial charge in [0.25, 0.3) is 0 Å². The number of benzene rings is 1. The molecule has 2 aromatic rings. The second kappa shape index (κ2) is 8.82. The van der Waals surface area contributed by atoms with Gasteiger partial charge in [0, 0.05) is 6.20 Å². The summed E-state index contributed by atoms with van der Waals surface area (Å²) in [6.45, 7) is 2.83. The third-order valence-corrected chi connectivity index (χ3v) is 3.32. The Morgan fingerprint density at radius 1 is 1.18 bits per heavy atom. The van der Waals surface area contributed by atoms with E-state index in [4.69, 9.17) is 4.74 Å². The van der Waals surface area contributed by atoms with E-state index in [0.717, 1.165) is 30.4 Å². The summed E-state index contributed by atoms with van der Waals surface area (Å²) in [5.41, 5.74) is 1.77. The van der Waals surface area contributed by atoms with Crippen LogP contribution in [-0.4, -0.2) is 22.7 Å². The van der Waals surface area contributed by atoms with Crippen molar-refractivity contribution in [2.24, 2.45) is 0 Å². The number of para-hydroxylation sites is 1. The fourth-order valence-corrected chi connectivity index (χ4v) is 2.15. The zero-order chi connectivity index (χ0) is 15.6. The zero-order valence-electron chi connectivity index (χ0n) is 12.9. The number of rotatable bonds is 9. The predicted octanol–water partition coefficient (Wildman–Crippen LogP) is 4.04. The lowest BCUT2D eigenvalue weighted by Gasteiger charge is -2.03. The Bertz CT molecular complexity index is 603. The van der Waals surface area contributed by atoms with Crippen molar-refractivity contribution in [3.8, 4) is 11.6 Å². The van der Waals surface area contributed by atoms with Crippen LogP contribution in [0.1, 0.15) is 38.2 Å². The average molecular weight is 298 g/mol. The van der Waals surface area contributed by atoms with Crippen LogP contribution in [0.25, 0.3) is 11.8 Å². The zero-order valence-corrected chi connectivity index (χ0v) is 12.9. The van der Waals surface area contributed by atoms with Crippen LogP contribution in [0, 0.1) is 0 Å². The Balaban J connectivity index is 2.10. The molecule has 0 unspecified atom stereocenters. The molecule has 0 radical (unpaired) electrons. The summed E-state index contributed by atoms with van der Waals surface area (Å²) in [7, 11) is 0. The molecule has 0 saturated carbocycles. The lowest BCUT2D eigenvalue weighted by Crippen LogP contribution is -2.00. The summed E-state index contributed by atoms with van der Waals surface area (Å²) in [4.78, 5) is 10.5. The second-order valence-corrected chi connectivity index (χ2v) is 5.07. The topological polar surface area (TPSA) is 44.1 Å². The lowest BCUT2D eigenvalue weighted by molar-refractivity contribution is -0.104. The summed E-state index contributed by atoms with van der Waals surface area (Å²) >= 11 is 0. The van der Waals surface area contributed by atoms with Gasteiger partial charge < -0.3 is 4.74 Å². The number of aldehydes is 1. The summed E-state index contributed by atoms with van der Waals surface area (Å²) < 4.78 is 7.55. The van der Waals surface area contributed by atoms with Crippen molar-refractivity contribution >= 4 is 12.4 Å². The minimum atomic E-state index is 0.568. The molecule has 0 aliphatic carbocycles. The number of allylic oxidation sites excluding steroid dienone is 1. The van der Waals surface area contributed by atoms with Gasteiger partial charge in [0.2, 0.25) is 5.88 Å². The molecule has 0 amide bonds. The smallest absolute Gasteiger partial charge is 0.240 e. The van der Waals surface area contributed by atoms with E-state index in [1.54, 1.807) is 10.8 Å². The molecule has 1 heterocycles. The van der Waals surface area contributed by atoms with E-state index in [0.29, 0.717) is 12.5 Å². The van der Waals surface area contributed by atoms with Gasteiger partial charge in [0.1, 0.15) is 6.29 Å². The third kappa shape index (κ3) is 4.58. The Morgan fingerprint density at radius 3 is 2.73 bits per heavy atom. The predicted molar refractivity (Wildman–Crippen MR) is 88.3 cm³/mol. The molecule has 116 valence electrons. The van der Waals surface area contributed by atoms with Crippen LogP contribution in [0.3, 0.4) is 0 Å². The number of hydrogen-bond acceptors (Lipinski definition) is 3. The maximum absolute atomic E-state index is 10.5. The van der Waals surface area contributed by atoms with Gasteiger partial charge in [0.05, 0.1) is 17.9 Å². The standard InChI is InChI=1S/C18H22N2O2/c1-2-3-4-8-14-22-18-16(10-9-13-21)15-20(19-18)17-11-6-5-7-12-17/h5-7,9-13,15H,2-4,8,14H2,1H3/b10-9+. The first-order valence-corrected chi connectivity index (χ1v) is 7.75. The van der Waals surface area contributed by atoms with Gasteiger partial charge in [-0.1, -0.05) is 44.4 Å². The van der Waals surface area contributed by atoms with Gasteiger partial charge in [0.15, 0.2) is 0 Å². The van der Waals surface area contributed by atoms with Crippen LogP contribution < -0.4 is 4.74 Å². The molecule has 1 aromatic carbocycles. The molecule has 0 saturated heterocycles. The van der Waals surface area contributed by atoms with Gasteiger partial charge in [-0.3, -0.25) is 4.79 Å². The van der Waals surface area contributed by atoms with Gasteiger partial charge in [-0.2, -0.15) is 0 Å². The summed E-state index contributed by atoms with van der Waals surface area (Å²) in [6, 6.07) is 9.84. The highest BCUT2D eigenvalue weighted by Gasteiger charge is 2.09. The highest BCUT2D eigenvalue weighted by molar-refractivity contribution is 5.74. The summed E-state index contributed by atoms with van der Waals surface area (Å²) in [5.74, 6) is 0.568. The molecule has 0 spiro atoms. The number of carbonyl (C=O) groups excluding carboxylic acids is 1. The van der Waals surface area contributed by atoms with E-state index in [2.05, 4.69) is 12.0 Å². The third-order valence-electron chi connectivity index (χ3n) is 3.32. The average Bonchev–Trinajstić information content (AvgIpc) is 2.97. The van der Waals surface area contributed by atoms with Gasteiger partial charge in [-0.15, -0.1) is 5.10 Å². The molecule has 0 aliphatic heterocycles. The second-order valence-electron chi connectivity index (χ2n) is 5.07. The first-order chi connectivity index (χ1) is 10.8. The first kappa shape index (κ1) is 16.0. The number of hydrogen-bond donors (Lipinski definition) is 0. The fraction of sp³-hybridized carbons (Fsp3) is 0.333. The van der Waals surface area contributed by atoms with Crippen LogP contribution in [0.15, 0.2) is 42.6 Å². The fourth-order valence-electron chi connectivity index (χ4n) is 2.15. The van der Waals surface area contributed by atoms with Crippen LogP contribution in [0.4, 0.5) is 0 Å². The van der Waals surface area contributed by atoms with Crippen molar-refractivity contribution in [3.63, 3.8) is 0 Å². The van der Waals surface area contributed by atoms with Crippen molar-refractivity contribution in [1.29, 1.82) is 0 Å². The van der Waals surface area contributed by atoms with E-state index in [1.165, 1.54) is 18.9 Å². The van der Waals surface area contributed by atoms with Gasteiger partial charge in [-0.25, -0.2) is 4.68 Å². The van der Waals surface area contributed by atoms with E-state index < -0.39 is 0 Å². The van der Waals surface area contributed by atoms with Crippen molar-refractivity contribution < 1.29 is 9.53 Å². The maximum Gasteiger partial charge on any atom is 0.240 e. The van der Waals surface area contributed by atoms with Crippen LogP contribution >= 0.6 is 0 Å². The van der Waals surface area contributed by atoms with Gasteiger partial charge >= 0.3 is 0 Å². The van der Waals surface area contributed by atoms with Crippen molar-refractivity contribution in [1.82, 2.24) is 9.78 Å². The molecule has 22 heavy (non-hydrogen) atoms. The van der Waals surface area contributed by atoms with E-state index in [9.17, 15) is 4.79 Å². The minimum Gasteiger partial charge on any atom is -0.476 e. The number of ether oxygens (including phenoxy) is 1. The number of carbonyl (C=O) groups is 1. The van der Waals surface area contributed by atoms with Crippen LogP contribution in [0.5, 0.6) is 5.88 Å². The van der Waals surface area contributed by atoms with E-state index in [-0.39, 0.29) is 0 Å². The van der Waals surface area contributed by atoms with Crippen LogP contribution in [-0.2, 0) is 4.79 Å². The largest absolute Gasteiger partial charge is 0.476 e. The van der Waals surface area contributed by atoms with Crippen molar-refractivity contribution in [2.75, 3.05) is 6.61 Å². The first-order valence-electron chi connectivity index (χ1n) is 7.75. The molecule has 2 rings (SSSR count). The highest BCUT2D eigenvalue weighted by Crippen LogP contribution is 2.20. The quantitative estimate of drug-likeness (QED) is 0.398. The monoisotopic (exact) mass is 298 g/mol. The maximum atomic E-state index is 10.5. The van der Waals surface area contributed by atoms with Crippen molar-refractivity contribution in [3.05, 3.63) is 48.2 Å². The number of aromatic nitrogens is 2. The molecule has 1 aromatic heterocycles. The molecule has 0 N–H and O–H groups in total.